The second-order valence-electron chi connectivity index (χ2n) is 3.77. The maximum absolute atomic E-state index is 4.89. The highest BCUT2D eigenvalue weighted by atomic mass is 16.6. The summed E-state index contributed by atoms with van der Waals surface area (Å²) >= 11 is 0. The third-order valence-electron chi connectivity index (χ3n) is 2.86. The minimum atomic E-state index is 0.839. The largest absolute Gasteiger partial charge is 0.270 e. The van der Waals surface area contributed by atoms with Crippen molar-refractivity contribution in [2.75, 3.05) is 0 Å². The zero-order valence-corrected chi connectivity index (χ0v) is 8.27. The molecule has 1 N–H and O–H groups in total. The van der Waals surface area contributed by atoms with Crippen molar-refractivity contribution in [1.82, 2.24) is 15.3 Å². The van der Waals surface area contributed by atoms with E-state index in [-0.39, 0.29) is 0 Å². The summed E-state index contributed by atoms with van der Waals surface area (Å²) in [6.07, 6.45) is 0. The topological polar surface area (TPSA) is 54.7 Å². The summed E-state index contributed by atoms with van der Waals surface area (Å²) < 4.78 is 4.89. The molecule has 0 fully saturated rings. The molecular weight excluding hydrogens is 202 g/mol. The molecule has 16 heavy (non-hydrogen) atoms. The van der Waals surface area contributed by atoms with E-state index in [2.05, 4.69) is 21.4 Å². The fourth-order valence-corrected chi connectivity index (χ4v) is 2.15. The Bertz CT molecular complexity index is 813. The van der Waals surface area contributed by atoms with Crippen molar-refractivity contribution in [2.24, 2.45) is 0 Å². The predicted octanol–water partition coefficient (Wildman–Crippen LogP) is 2.86. The van der Waals surface area contributed by atoms with E-state index in [4.69, 9.17) is 4.63 Å². The third kappa shape index (κ3) is 0.839. The number of nitrogens with one attached hydrogen (secondary N) is 1. The van der Waals surface area contributed by atoms with Gasteiger partial charge in [-0.25, -0.2) is 4.98 Å². The monoisotopic (exact) mass is 209 g/mol. The van der Waals surface area contributed by atoms with E-state index in [1.807, 2.05) is 30.3 Å². The van der Waals surface area contributed by atoms with Crippen LogP contribution in [0.25, 0.3) is 32.8 Å². The van der Waals surface area contributed by atoms with Gasteiger partial charge in [-0.15, -0.1) is 0 Å². The lowest BCUT2D eigenvalue weighted by atomic mass is 10.1. The molecule has 2 heterocycles. The molecule has 2 aromatic heterocycles. The van der Waals surface area contributed by atoms with Crippen LogP contribution in [-0.4, -0.2) is 15.3 Å². The average molecular weight is 209 g/mol. The van der Waals surface area contributed by atoms with Crippen molar-refractivity contribution in [3.8, 4) is 0 Å². The Kier molecular flexibility index (Phi) is 1.28. The first kappa shape index (κ1) is 7.87. The van der Waals surface area contributed by atoms with Gasteiger partial charge in [0.2, 0.25) is 0 Å². The summed E-state index contributed by atoms with van der Waals surface area (Å²) in [7, 11) is 0. The number of aromatic nitrogens is 3. The van der Waals surface area contributed by atoms with E-state index in [1.54, 1.807) is 0 Å². The molecule has 0 amide bonds. The van der Waals surface area contributed by atoms with Crippen molar-refractivity contribution < 1.29 is 4.63 Å². The van der Waals surface area contributed by atoms with Crippen LogP contribution in [0.15, 0.2) is 41.0 Å². The number of benzene rings is 2. The number of aromatic amines is 1. The lowest BCUT2D eigenvalue weighted by Crippen LogP contribution is -1.72. The van der Waals surface area contributed by atoms with Crippen LogP contribution in [0.3, 0.4) is 0 Å². The average Bonchev–Trinajstić information content (AvgIpc) is 2.91. The second-order valence-corrected chi connectivity index (χ2v) is 3.77. The van der Waals surface area contributed by atoms with Crippen LogP contribution in [0.4, 0.5) is 0 Å². The van der Waals surface area contributed by atoms with Crippen LogP contribution in [0, 0.1) is 0 Å². The number of nitrogens with zero attached hydrogens (tertiary/aromatic N) is 2. The van der Waals surface area contributed by atoms with Gasteiger partial charge < -0.3 is 0 Å². The van der Waals surface area contributed by atoms with Gasteiger partial charge in [-0.05, 0) is 18.2 Å². The Morgan fingerprint density at radius 2 is 1.94 bits per heavy atom. The molecule has 0 aliphatic rings. The number of hydrogen-bond donors (Lipinski definition) is 1. The van der Waals surface area contributed by atoms with Gasteiger partial charge in [0, 0.05) is 10.8 Å². The highest BCUT2D eigenvalue weighted by Crippen LogP contribution is 2.30. The number of rotatable bonds is 0. The van der Waals surface area contributed by atoms with Gasteiger partial charge in [0.15, 0.2) is 0 Å². The van der Waals surface area contributed by atoms with E-state index in [0.29, 0.717) is 0 Å². The fourth-order valence-electron chi connectivity index (χ4n) is 2.15. The Balaban J connectivity index is 2.42. The summed E-state index contributed by atoms with van der Waals surface area (Å²) in [5, 5.41) is 8.92. The van der Waals surface area contributed by atoms with Crippen LogP contribution in [-0.2, 0) is 0 Å². The molecule has 0 atom stereocenters. The lowest BCUT2D eigenvalue weighted by Gasteiger charge is -1.89. The Hall–Kier alpha value is -2.36. The number of fused-ring (bicyclic) bond motifs is 5. The molecule has 4 heteroatoms. The molecule has 4 aromatic rings. The molecule has 4 nitrogen and oxygen atoms in total. The maximum atomic E-state index is 4.89. The molecule has 76 valence electrons. The third-order valence-corrected chi connectivity index (χ3v) is 2.86. The first-order valence-electron chi connectivity index (χ1n) is 5.05. The van der Waals surface area contributed by atoms with Gasteiger partial charge in [-0.1, -0.05) is 23.4 Å². The molecule has 0 radical (unpaired) electrons. The van der Waals surface area contributed by atoms with Crippen LogP contribution in [0.1, 0.15) is 0 Å². The van der Waals surface area contributed by atoms with Crippen LogP contribution >= 0.6 is 0 Å². The molecule has 0 unspecified atom stereocenters. The standard InChI is InChI=1S/C12H7N3O/c1-2-4-8-7(3-1)11-9(13-8)5-6-10-12(11)15-16-14-10/h1-6,14H. The van der Waals surface area contributed by atoms with E-state index in [1.165, 1.54) is 0 Å². The molecule has 0 aliphatic heterocycles. The lowest BCUT2D eigenvalue weighted by molar-refractivity contribution is 0.316. The Labute approximate surface area is 89.8 Å². The summed E-state index contributed by atoms with van der Waals surface area (Å²) in [5.41, 5.74) is 3.68. The van der Waals surface area contributed by atoms with Crippen LogP contribution in [0.5, 0.6) is 0 Å². The number of hydrogen-bond acceptors (Lipinski definition) is 3. The molecule has 0 spiro atoms. The van der Waals surface area contributed by atoms with Crippen LogP contribution < -0.4 is 0 Å². The molecule has 0 saturated heterocycles. The van der Waals surface area contributed by atoms with Gasteiger partial charge in [0.05, 0.1) is 11.0 Å². The first-order valence-corrected chi connectivity index (χ1v) is 5.05. The summed E-state index contributed by atoms with van der Waals surface area (Å²) in [4.78, 5) is 4.55. The first-order chi connectivity index (χ1) is 7.93. The number of para-hydroxylation sites is 1. The molecular formula is C12H7N3O. The van der Waals surface area contributed by atoms with Crippen molar-refractivity contribution in [3.63, 3.8) is 0 Å². The summed E-state index contributed by atoms with van der Waals surface area (Å²) in [6.45, 7) is 0. The van der Waals surface area contributed by atoms with Gasteiger partial charge in [-0.2, -0.15) is 5.16 Å². The highest BCUT2D eigenvalue weighted by Gasteiger charge is 2.10. The van der Waals surface area contributed by atoms with Crippen molar-refractivity contribution in [2.45, 2.75) is 0 Å². The quantitative estimate of drug-likeness (QED) is 0.484. The van der Waals surface area contributed by atoms with Gasteiger partial charge in [0.1, 0.15) is 11.0 Å². The van der Waals surface area contributed by atoms with Gasteiger partial charge in [-0.3, -0.25) is 4.63 Å². The zero-order chi connectivity index (χ0) is 10.5. The Morgan fingerprint density at radius 3 is 2.94 bits per heavy atom. The maximum Gasteiger partial charge on any atom is 0.142 e. The Morgan fingerprint density at radius 1 is 1.00 bits per heavy atom. The van der Waals surface area contributed by atoms with Gasteiger partial charge in [0.25, 0.3) is 0 Å². The molecule has 4 rings (SSSR count). The molecule has 0 aliphatic carbocycles. The summed E-state index contributed by atoms with van der Waals surface area (Å²) in [6, 6.07) is 12.0. The SMILES string of the molecule is c1ccc2c(c1)nc1ccc3[nH]onc3c12. The number of H-pyrrole nitrogens is 1. The van der Waals surface area contributed by atoms with Crippen molar-refractivity contribution in [3.05, 3.63) is 36.4 Å². The minimum absolute atomic E-state index is 0.839. The highest BCUT2D eigenvalue weighted by molar-refractivity contribution is 6.17. The second kappa shape index (κ2) is 2.61. The predicted molar refractivity (Wildman–Crippen MR) is 61.2 cm³/mol. The normalized spacial score (nSPS) is 11.8. The zero-order valence-electron chi connectivity index (χ0n) is 8.27. The van der Waals surface area contributed by atoms with E-state index in [9.17, 15) is 0 Å². The molecule has 2 aromatic carbocycles. The van der Waals surface area contributed by atoms with E-state index >= 15 is 0 Å². The fraction of sp³-hybridized carbons (Fsp3) is 0. The van der Waals surface area contributed by atoms with Gasteiger partial charge >= 0.3 is 0 Å². The molecule has 0 bridgehead atoms. The minimum Gasteiger partial charge on any atom is -0.270 e. The molecule has 0 saturated carbocycles. The van der Waals surface area contributed by atoms with E-state index in [0.717, 1.165) is 32.8 Å². The van der Waals surface area contributed by atoms with Crippen LogP contribution in [0.2, 0.25) is 0 Å². The summed E-state index contributed by atoms with van der Waals surface area (Å²) in [5.74, 6) is 0. The van der Waals surface area contributed by atoms with Crippen molar-refractivity contribution in [1.29, 1.82) is 0 Å². The smallest absolute Gasteiger partial charge is 0.142 e. The van der Waals surface area contributed by atoms with E-state index < -0.39 is 0 Å². The van der Waals surface area contributed by atoms with Crippen molar-refractivity contribution >= 4 is 32.8 Å².